The minimum Gasteiger partial charge on any atom is -0.359 e. The Balaban J connectivity index is 2.01. The van der Waals surface area contributed by atoms with Crippen molar-refractivity contribution in [3.05, 3.63) is 52.5 Å². The van der Waals surface area contributed by atoms with Crippen molar-refractivity contribution in [2.75, 3.05) is 0 Å². The topological polar surface area (TPSA) is 94.4 Å². The molecule has 7 nitrogen and oxygen atoms in total. The van der Waals surface area contributed by atoms with E-state index >= 15 is 0 Å². The second-order valence-corrected chi connectivity index (χ2v) is 3.47. The molecule has 0 aliphatic rings. The Morgan fingerprint density at radius 1 is 1.50 bits per heavy atom. The zero-order valence-electron chi connectivity index (χ0n) is 9.53. The van der Waals surface area contributed by atoms with Crippen molar-refractivity contribution >= 4 is 12.1 Å². The Hall–Kier alpha value is -2.70. The molecule has 0 saturated heterocycles. The van der Waals surface area contributed by atoms with Crippen LogP contribution in [0.4, 0.5) is 0 Å². The summed E-state index contributed by atoms with van der Waals surface area (Å²) >= 11 is 0. The molecule has 1 N–H and O–H groups in total. The number of hydrazone groups is 1. The molecule has 0 saturated carbocycles. The van der Waals surface area contributed by atoms with Crippen LogP contribution in [0.5, 0.6) is 0 Å². The average molecular weight is 246 g/mol. The summed E-state index contributed by atoms with van der Waals surface area (Å²) in [6, 6.07) is 9.25. The molecule has 1 heterocycles. The van der Waals surface area contributed by atoms with Crippen LogP contribution >= 0.6 is 0 Å². The van der Waals surface area contributed by atoms with Crippen LogP contribution in [0, 0.1) is 12.1 Å². The van der Waals surface area contributed by atoms with E-state index in [2.05, 4.69) is 20.3 Å². The van der Waals surface area contributed by atoms with Crippen molar-refractivity contribution in [1.82, 2.24) is 10.6 Å². The number of aromatic nitrogens is 2. The van der Waals surface area contributed by atoms with E-state index < -0.39 is 5.91 Å². The largest absolute Gasteiger partial charge is 0.359 e. The average Bonchev–Trinajstić information content (AvgIpc) is 2.71. The molecular formula is C11H10N4O3. The van der Waals surface area contributed by atoms with Gasteiger partial charge in [-0.05, 0) is 10.5 Å². The third kappa shape index (κ3) is 2.51. The highest BCUT2D eigenvalue weighted by atomic mass is 16.8. The number of benzene rings is 1. The SMILES string of the molecule is Cc1c(C(=O)N/N=C/c2ccccc2)no[n+]1[O-]. The predicted octanol–water partition coefficient (Wildman–Crippen LogP) is 0.380. The summed E-state index contributed by atoms with van der Waals surface area (Å²) in [5.74, 6) is -0.599. The molecule has 0 spiro atoms. The molecule has 0 unspecified atom stereocenters. The lowest BCUT2D eigenvalue weighted by Gasteiger charge is -1.93. The van der Waals surface area contributed by atoms with Gasteiger partial charge in [0.25, 0.3) is 0 Å². The molecule has 7 heteroatoms. The van der Waals surface area contributed by atoms with Gasteiger partial charge in [-0.3, -0.25) is 9.42 Å². The van der Waals surface area contributed by atoms with E-state index in [1.807, 2.05) is 30.3 Å². The summed E-state index contributed by atoms with van der Waals surface area (Å²) in [6.45, 7) is 1.43. The fourth-order valence-corrected chi connectivity index (χ4v) is 1.25. The van der Waals surface area contributed by atoms with E-state index in [0.29, 0.717) is 0 Å². The van der Waals surface area contributed by atoms with E-state index in [9.17, 15) is 10.0 Å². The zero-order valence-corrected chi connectivity index (χ0v) is 9.53. The highest BCUT2D eigenvalue weighted by Crippen LogP contribution is 1.98. The summed E-state index contributed by atoms with van der Waals surface area (Å²) in [7, 11) is 0. The van der Waals surface area contributed by atoms with Crippen LogP contribution in [-0.2, 0) is 0 Å². The Morgan fingerprint density at radius 3 is 2.83 bits per heavy atom. The summed E-state index contributed by atoms with van der Waals surface area (Å²) in [6.07, 6.45) is 1.48. The summed E-state index contributed by atoms with van der Waals surface area (Å²) < 4.78 is 4.28. The number of amides is 1. The summed E-state index contributed by atoms with van der Waals surface area (Å²) in [5, 5.41) is 18.0. The molecular weight excluding hydrogens is 236 g/mol. The number of hydrogen-bond acceptors (Lipinski definition) is 5. The van der Waals surface area contributed by atoms with Crippen molar-refractivity contribution in [3.8, 4) is 0 Å². The normalized spacial score (nSPS) is 10.7. The van der Waals surface area contributed by atoms with Gasteiger partial charge in [0, 0.05) is 6.92 Å². The van der Waals surface area contributed by atoms with Crippen LogP contribution in [0.1, 0.15) is 21.7 Å². The molecule has 1 amide bonds. The van der Waals surface area contributed by atoms with Crippen LogP contribution in [0.3, 0.4) is 0 Å². The maximum absolute atomic E-state index is 11.6. The first-order valence-electron chi connectivity index (χ1n) is 5.13. The first-order valence-corrected chi connectivity index (χ1v) is 5.13. The lowest BCUT2D eigenvalue weighted by molar-refractivity contribution is -0.806. The van der Waals surface area contributed by atoms with Crippen molar-refractivity contribution < 1.29 is 14.3 Å². The Labute approximate surface area is 102 Å². The second kappa shape index (κ2) is 5.09. The van der Waals surface area contributed by atoms with Crippen LogP contribution in [0.15, 0.2) is 40.1 Å². The number of carbonyl (C=O) groups excluding carboxylic acids is 1. The van der Waals surface area contributed by atoms with Gasteiger partial charge < -0.3 is 5.21 Å². The molecule has 2 aromatic rings. The third-order valence-corrected chi connectivity index (χ3v) is 2.22. The molecule has 1 aromatic heterocycles. The number of nitrogens with zero attached hydrogens (tertiary/aromatic N) is 3. The number of carbonyl (C=O) groups is 1. The number of rotatable bonds is 3. The fourth-order valence-electron chi connectivity index (χ4n) is 1.25. The van der Waals surface area contributed by atoms with Gasteiger partial charge in [0.1, 0.15) is 0 Å². The minimum absolute atomic E-state index is 0.0856. The maximum Gasteiger partial charge on any atom is 0.322 e. The van der Waals surface area contributed by atoms with E-state index in [1.165, 1.54) is 13.1 Å². The van der Waals surface area contributed by atoms with Crippen molar-refractivity contribution in [3.63, 3.8) is 0 Å². The van der Waals surface area contributed by atoms with E-state index in [1.54, 1.807) is 0 Å². The summed E-state index contributed by atoms with van der Waals surface area (Å²) in [4.78, 5) is 11.7. The molecule has 0 fully saturated rings. The van der Waals surface area contributed by atoms with Gasteiger partial charge in [-0.15, -0.1) is 0 Å². The number of nitrogens with one attached hydrogen (secondary N) is 1. The Kier molecular flexibility index (Phi) is 3.33. The maximum atomic E-state index is 11.6. The fraction of sp³-hybridized carbons (Fsp3) is 0.0909. The molecule has 92 valence electrons. The molecule has 0 aliphatic carbocycles. The quantitative estimate of drug-likeness (QED) is 0.481. The van der Waals surface area contributed by atoms with E-state index in [-0.39, 0.29) is 16.3 Å². The van der Waals surface area contributed by atoms with Crippen LogP contribution in [0.2, 0.25) is 0 Å². The molecule has 0 atom stereocenters. The zero-order chi connectivity index (χ0) is 13.0. The van der Waals surface area contributed by atoms with Crippen LogP contribution < -0.4 is 10.3 Å². The van der Waals surface area contributed by atoms with Gasteiger partial charge in [0.15, 0.2) is 0 Å². The van der Waals surface area contributed by atoms with Gasteiger partial charge in [-0.25, -0.2) is 5.43 Å². The molecule has 1 aromatic carbocycles. The Morgan fingerprint density at radius 2 is 2.22 bits per heavy atom. The highest BCUT2D eigenvalue weighted by molar-refractivity contribution is 5.93. The van der Waals surface area contributed by atoms with Crippen LogP contribution in [0.25, 0.3) is 0 Å². The van der Waals surface area contributed by atoms with Gasteiger partial charge in [0.2, 0.25) is 5.69 Å². The summed E-state index contributed by atoms with van der Waals surface area (Å²) in [5.41, 5.74) is 3.10. The van der Waals surface area contributed by atoms with Gasteiger partial charge in [-0.2, -0.15) is 5.10 Å². The van der Waals surface area contributed by atoms with Crippen molar-refractivity contribution in [2.45, 2.75) is 6.92 Å². The Bertz CT molecular complexity index is 577. The lowest BCUT2D eigenvalue weighted by Crippen LogP contribution is -2.28. The van der Waals surface area contributed by atoms with Gasteiger partial charge in [-0.1, -0.05) is 30.3 Å². The molecule has 2 rings (SSSR count). The standard InChI is InChI=1S/C11H10N4O3/c1-8-10(14-18-15(8)17)11(16)13-12-7-9-5-3-2-4-6-9/h2-7H,1H3,(H,13,16)/b12-7+. The number of hydrogen-bond donors (Lipinski definition) is 1. The van der Waals surface area contributed by atoms with Gasteiger partial charge in [0.05, 0.1) is 11.4 Å². The lowest BCUT2D eigenvalue weighted by atomic mass is 10.2. The first-order chi connectivity index (χ1) is 8.68. The second-order valence-electron chi connectivity index (χ2n) is 3.47. The first kappa shape index (κ1) is 11.8. The van der Waals surface area contributed by atoms with Gasteiger partial charge >= 0.3 is 11.6 Å². The third-order valence-electron chi connectivity index (χ3n) is 2.22. The molecule has 0 radical (unpaired) electrons. The minimum atomic E-state index is -0.599. The monoisotopic (exact) mass is 246 g/mol. The van der Waals surface area contributed by atoms with Crippen molar-refractivity contribution in [2.24, 2.45) is 5.10 Å². The highest BCUT2D eigenvalue weighted by Gasteiger charge is 2.22. The van der Waals surface area contributed by atoms with Crippen molar-refractivity contribution in [1.29, 1.82) is 0 Å². The molecule has 0 bridgehead atoms. The van der Waals surface area contributed by atoms with E-state index in [0.717, 1.165) is 5.56 Å². The molecule has 0 aliphatic heterocycles. The van der Waals surface area contributed by atoms with E-state index in [4.69, 9.17) is 0 Å². The molecule has 18 heavy (non-hydrogen) atoms. The smallest absolute Gasteiger partial charge is 0.322 e. The predicted molar refractivity (Wildman–Crippen MR) is 61.7 cm³/mol. The van der Waals surface area contributed by atoms with Crippen LogP contribution in [-0.4, -0.2) is 17.3 Å².